The Bertz CT molecular complexity index is 429. The average Bonchev–Trinajstić information content (AvgIpc) is 2.90. The Hall–Kier alpha value is -0.980. The smallest absolute Gasteiger partial charge is 0.204 e. The van der Waals surface area contributed by atoms with E-state index in [0.717, 1.165) is 10.0 Å². The lowest BCUT2D eigenvalue weighted by Gasteiger charge is -2.19. The van der Waals surface area contributed by atoms with E-state index in [2.05, 4.69) is 15.9 Å². The van der Waals surface area contributed by atoms with Crippen molar-refractivity contribution in [3.63, 3.8) is 0 Å². The molecular weight excluding hydrogens is 304 g/mol. The summed E-state index contributed by atoms with van der Waals surface area (Å²) in [5.41, 5.74) is 0.777. The Labute approximate surface area is 114 Å². The van der Waals surface area contributed by atoms with Crippen LogP contribution in [0.4, 0.5) is 0 Å². The molecule has 0 atom stereocenters. The summed E-state index contributed by atoms with van der Waals surface area (Å²) < 4.78 is 27.8. The lowest BCUT2D eigenvalue weighted by atomic mass is 10.1. The van der Waals surface area contributed by atoms with Crippen LogP contribution in [0, 0.1) is 0 Å². The molecule has 2 rings (SSSR count). The highest BCUT2D eigenvalue weighted by atomic mass is 79.9. The SMILES string of the molecule is COc1c(Br)cc(C2OCCO2)c(OC)c1OC. The molecule has 1 aromatic carbocycles. The van der Waals surface area contributed by atoms with E-state index in [0.29, 0.717) is 30.5 Å². The molecule has 6 heteroatoms. The quantitative estimate of drug-likeness (QED) is 0.853. The molecule has 0 aliphatic carbocycles. The Morgan fingerprint density at radius 2 is 1.56 bits per heavy atom. The van der Waals surface area contributed by atoms with Gasteiger partial charge in [0.25, 0.3) is 0 Å². The first kappa shape index (κ1) is 13.5. The lowest BCUT2D eigenvalue weighted by molar-refractivity contribution is -0.0457. The van der Waals surface area contributed by atoms with Gasteiger partial charge in [-0.05, 0) is 22.0 Å². The molecule has 1 aliphatic heterocycles. The molecule has 100 valence electrons. The second-order valence-corrected chi connectivity index (χ2v) is 4.48. The minimum atomic E-state index is -0.434. The zero-order chi connectivity index (χ0) is 13.1. The number of hydrogen-bond donors (Lipinski definition) is 0. The molecule has 0 saturated carbocycles. The van der Waals surface area contributed by atoms with E-state index in [1.807, 2.05) is 6.07 Å². The van der Waals surface area contributed by atoms with Crippen molar-refractivity contribution in [2.45, 2.75) is 6.29 Å². The fraction of sp³-hybridized carbons (Fsp3) is 0.500. The maximum Gasteiger partial charge on any atom is 0.204 e. The predicted molar refractivity (Wildman–Crippen MR) is 68.4 cm³/mol. The Balaban J connectivity index is 2.55. The van der Waals surface area contributed by atoms with Crippen LogP contribution in [0.5, 0.6) is 17.2 Å². The largest absolute Gasteiger partial charge is 0.492 e. The fourth-order valence-corrected chi connectivity index (χ4v) is 2.50. The molecule has 0 radical (unpaired) electrons. The summed E-state index contributed by atoms with van der Waals surface area (Å²) in [6.07, 6.45) is -0.434. The summed E-state index contributed by atoms with van der Waals surface area (Å²) >= 11 is 3.44. The highest BCUT2D eigenvalue weighted by Gasteiger charge is 2.28. The maximum absolute atomic E-state index is 5.49. The zero-order valence-corrected chi connectivity index (χ0v) is 12.1. The van der Waals surface area contributed by atoms with E-state index in [-0.39, 0.29) is 0 Å². The molecule has 1 heterocycles. The summed E-state index contributed by atoms with van der Waals surface area (Å²) in [6, 6.07) is 1.86. The number of methoxy groups -OCH3 is 3. The van der Waals surface area contributed by atoms with Crippen LogP contribution in [0.25, 0.3) is 0 Å². The van der Waals surface area contributed by atoms with Gasteiger partial charge in [-0.3, -0.25) is 0 Å². The van der Waals surface area contributed by atoms with Crippen LogP contribution >= 0.6 is 15.9 Å². The molecule has 0 aromatic heterocycles. The van der Waals surface area contributed by atoms with Gasteiger partial charge in [0, 0.05) is 0 Å². The molecule has 5 nitrogen and oxygen atoms in total. The number of ether oxygens (including phenoxy) is 5. The second kappa shape index (κ2) is 5.77. The van der Waals surface area contributed by atoms with Gasteiger partial charge in [0.2, 0.25) is 5.75 Å². The van der Waals surface area contributed by atoms with Crippen molar-refractivity contribution in [3.8, 4) is 17.2 Å². The molecule has 1 aromatic rings. The standard InChI is InChI=1S/C12H15BrO5/c1-14-9-7(12-17-4-5-18-12)6-8(13)10(15-2)11(9)16-3/h6,12H,4-5H2,1-3H3. The van der Waals surface area contributed by atoms with Crippen LogP contribution in [-0.4, -0.2) is 34.5 Å². The highest BCUT2D eigenvalue weighted by molar-refractivity contribution is 9.10. The van der Waals surface area contributed by atoms with E-state index < -0.39 is 6.29 Å². The summed E-state index contributed by atoms with van der Waals surface area (Å²) in [6.45, 7) is 1.14. The van der Waals surface area contributed by atoms with E-state index in [9.17, 15) is 0 Å². The third-order valence-corrected chi connectivity index (χ3v) is 3.25. The van der Waals surface area contributed by atoms with Crippen LogP contribution in [0.15, 0.2) is 10.5 Å². The summed E-state index contributed by atoms with van der Waals surface area (Å²) in [7, 11) is 4.71. The van der Waals surface area contributed by atoms with Gasteiger partial charge in [0.05, 0.1) is 44.6 Å². The van der Waals surface area contributed by atoms with Gasteiger partial charge < -0.3 is 23.7 Å². The van der Waals surface area contributed by atoms with Crippen LogP contribution in [0.1, 0.15) is 11.9 Å². The third-order valence-electron chi connectivity index (χ3n) is 2.66. The molecule has 0 N–H and O–H groups in total. The van der Waals surface area contributed by atoms with Gasteiger partial charge in [-0.2, -0.15) is 0 Å². The van der Waals surface area contributed by atoms with Crippen LogP contribution in [-0.2, 0) is 9.47 Å². The molecule has 1 aliphatic rings. The highest BCUT2D eigenvalue weighted by Crippen LogP contribution is 2.48. The molecule has 0 bridgehead atoms. The Kier molecular flexibility index (Phi) is 4.31. The van der Waals surface area contributed by atoms with Crippen molar-refractivity contribution in [2.24, 2.45) is 0 Å². The number of benzene rings is 1. The van der Waals surface area contributed by atoms with Crippen LogP contribution < -0.4 is 14.2 Å². The predicted octanol–water partition coefficient (Wildman–Crippen LogP) is 2.52. The van der Waals surface area contributed by atoms with Gasteiger partial charge in [0.1, 0.15) is 0 Å². The Morgan fingerprint density at radius 1 is 1.00 bits per heavy atom. The summed E-state index contributed by atoms with van der Waals surface area (Å²) in [5, 5.41) is 0. The minimum Gasteiger partial charge on any atom is -0.492 e. The van der Waals surface area contributed by atoms with Crippen molar-refractivity contribution >= 4 is 15.9 Å². The molecule has 1 fully saturated rings. The Morgan fingerprint density at radius 3 is 2.06 bits per heavy atom. The zero-order valence-electron chi connectivity index (χ0n) is 10.5. The van der Waals surface area contributed by atoms with E-state index in [1.54, 1.807) is 21.3 Å². The van der Waals surface area contributed by atoms with Crippen molar-refractivity contribution in [1.82, 2.24) is 0 Å². The van der Waals surface area contributed by atoms with Gasteiger partial charge in [-0.1, -0.05) is 0 Å². The van der Waals surface area contributed by atoms with Crippen molar-refractivity contribution < 1.29 is 23.7 Å². The third kappa shape index (κ3) is 2.28. The molecular formula is C12H15BrO5. The monoisotopic (exact) mass is 318 g/mol. The van der Waals surface area contributed by atoms with Crippen molar-refractivity contribution in [2.75, 3.05) is 34.5 Å². The van der Waals surface area contributed by atoms with E-state index >= 15 is 0 Å². The van der Waals surface area contributed by atoms with Crippen molar-refractivity contribution in [3.05, 3.63) is 16.1 Å². The lowest BCUT2D eigenvalue weighted by Crippen LogP contribution is -2.05. The first-order valence-corrected chi connectivity index (χ1v) is 6.23. The fourth-order valence-electron chi connectivity index (χ4n) is 1.91. The molecule has 0 amide bonds. The normalized spacial score (nSPS) is 15.8. The van der Waals surface area contributed by atoms with Gasteiger partial charge >= 0.3 is 0 Å². The van der Waals surface area contributed by atoms with E-state index in [1.165, 1.54) is 0 Å². The molecule has 0 spiro atoms. The first-order chi connectivity index (χ1) is 8.72. The molecule has 0 unspecified atom stereocenters. The van der Waals surface area contributed by atoms with Crippen LogP contribution in [0.3, 0.4) is 0 Å². The maximum atomic E-state index is 5.49. The summed E-state index contributed by atoms with van der Waals surface area (Å²) in [4.78, 5) is 0. The molecule has 1 saturated heterocycles. The number of rotatable bonds is 4. The summed E-state index contributed by atoms with van der Waals surface area (Å²) in [5.74, 6) is 1.66. The van der Waals surface area contributed by atoms with E-state index in [4.69, 9.17) is 23.7 Å². The number of hydrogen-bond acceptors (Lipinski definition) is 5. The van der Waals surface area contributed by atoms with Gasteiger partial charge in [-0.15, -0.1) is 0 Å². The topological polar surface area (TPSA) is 46.2 Å². The van der Waals surface area contributed by atoms with Crippen LogP contribution in [0.2, 0.25) is 0 Å². The molecule has 18 heavy (non-hydrogen) atoms. The van der Waals surface area contributed by atoms with Gasteiger partial charge in [0.15, 0.2) is 17.8 Å². The second-order valence-electron chi connectivity index (χ2n) is 3.62. The van der Waals surface area contributed by atoms with Crippen molar-refractivity contribution in [1.29, 1.82) is 0 Å². The number of halogens is 1. The minimum absolute atomic E-state index is 0.434. The first-order valence-electron chi connectivity index (χ1n) is 5.44. The average molecular weight is 319 g/mol. The van der Waals surface area contributed by atoms with Gasteiger partial charge in [-0.25, -0.2) is 0 Å².